The number of nitrogens with zero attached hydrogens (tertiary/aromatic N) is 1. The molecule has 0 fully saturated rings. The molecule has 0 atom stereocenters. The second-order valence-electron chi connectivity index (χ2n) is 2.52. The van der Waals surface area contributed by atoms with Crippen molar-refractivity contribution < 1.29 is 4.74 Å². The Hall–Kier alpha value is -1.03. The summed E-state index contributed by atoms with van der Waals surface area (Å²) in [5, 5.41) is 3.54. The lowest BCUT2D eigenvalue weighted by Crippen LogP contribution is -2.00. The van der Waals surface area contributed by atoms with Crippen LogP contribution in [-0.2, 0) is 11.3 Å². The molecule has 0 aromatic heterocycles. The van der Waals surface area contributed by atoms with E-state index < -0.39 is 0 Å². The van der Waals surface area contributed by atoms with E-state index >= 15 is 0 Å². The van der Waals surface area contributed by atoms with Gasteiger partial charge in [0.1, 0.15) is 6.61 Å². The van der Waals surface area contributed by atoms with Gasteiger partial charge in [0.15, 0.2) is 0 Å². The van der Waals surface area contributed by atoms with Crippen LogP contribution < -0.4 is 5.84 Å². The van der Waals surface area contributed by atoms with Gasteiger partial charge in [-0.15, -0.1) is 5.10 Å². The van der Waals surface area contributed by atoms with Crippen LogP contribution in [0.25, 0.3) is 0 Å². The Kier molecular flexibility index (Phi) is 1.77. The minimum absolute atomic E-state index is 0.520. The molecule has 4 heteroatoms. The van der Waals surface area contributed by atoms with E-state index in [1.165, 1.54) is 0 Å². The van der Waals surface area contributed by atoms with Crippen LogP contribution in [-0.4, -0.2) is 5.90 Å². The van der Waals surface area contributed by atoms with Crippen molar-refractivity contribution in [2.24, 2.45) is 10.9 Å². The maximum atomic E-state index is 5.23. The van der Waals surface area contributed by atoms with Crippen molar-refractivity contribution in [2.75, 3.05) is 0 Å². The monoisotopic (exact) mass is 226 g/mol. The lowest BCUT2D eigenvalue weighted by atomic mass is 10.1. The smallest absolute Gasteiger partial charge is 0.238 e. The molecule has 0 spiro atoms. The molecule has 1 aliphatic heterocycles. The summed E-state index contributed by atoms with van der Waals surface area (Å²) in [5.41, 5.74) is 2.11. The van der Waals surface area contributed by atoms with Crippen molar-refractivity contribution >= 4 is 21.8 Å². The number of ether oxygens (including phenoxy) is 1. The van der Waals surface area contributed by atoms with Crippen molar-refractivity contribution in [2.45, 2.75) is 6.61 Å². The Labute approximate surface area is 78.3 Å². The molecule has 0 amide bonds. The highest BCUT2D eigenvalue weighted by atomic mass is 79.9. The van der Waals surface area contributed by atoms with Gasteiger partial charge in [0.2, 0.25) is 5.90 Å². The second kappa shape index (κ2) is 2.79. The average Bonchev–Trinajstić information content (AvgIpc) is 2.46. The number of hydrogen-bond donors (Lipinski definition) is 1. The number of nitrogens with two attached hydrogens (primary N) is 1. The zero-order chi connectivity index (χ0) is 8.55. The number of hydrazone groups is 1. The Morgan fingerprint density at radius 1 is 1.50 bits per heavy atom. The number of benzene rings is 1. The first-order valence-corrected chi connectivity index (χ1v) is 4.30. The predicted octanol–water partition coefficient (Wildman–Crippen LogP) is 1.60. The third-order valence-electron chi connectivity index (χ3n) is 1.78. The Morgan fingerprint density at radius 3 is 3.08 bits per heavy atom. The van der Waals surface area contributed by atoms with E-state index in [2.05, 4.69) is 21.0 Å². The second-order valence-corrected chi connectivity index (χ2v) is 3.44. The zero-order valence-corrected chi connectivity index (χ0v) is 7.84. The van der Waals surface area contributed by atoms with Crippen LogP contribution in [0.5, 0.6) is 0 Å². The molecule has 0 aliphatic carbocycles. The summed E-state index contributed by atoms with van der Waals surface area (Å²) in [5.74, 6) is 5.67. The standard InChI is InChI=1S/C8H7BrN2O/c9-6-2-1-5-4-12-8(11-10)7(5)3-6/h1-3H,4,10H2. The summed E-state index contributed by atoms with van der Waals surface area (Å²) >= 11 is 3.37. The van der Waals surface area contributed by atoms with Crippen molar-refractivity contribution in [3.63, 3.8) is 0 Å². The molecule has 0 saturated carbocycles. The lowest BCUT2D eigenvalue weighted by molar-refractivity contribution is 0.311. The van der Waals surface area contributed by atoms with Crippen LogP contribution in [0.2, 0.25) is 0 Å². The third kappa shape index (κ3) is 1.08. The molecule has 0 saturated heterocycles. The molecule has 3 nitrogen and oxygen atoms in total. The van der Waals surface area contributed by atoms with E-state index in [4.69, 9.17) is 10.6 Å². The maximum Gasteiger partial charge on any atom is 0.238 e. The van der Waals surface area contributed by atoms with Gasteiger partial charge in [0.05, 0.1) is 0 Å². The van der Waals surface area contributed by atoms with Gasteiger partial charge in [0, 0.05) is 15.6 Å². The summed E-state index contributed by atoms with van der Waals surface area (Å²) in [6.45, 7) is 0.568. The van der Waals surface area contributed by atoms with Crippen LogP contribution in [0, 0.1) is 0 Å². The topological polar surface area (TPSA) is 47.6 Å². The van der Waals surface area contributed by atoms with Crippen molar-refractivity contribution in [1.29, 1.82) is 0 Å². The molecule has 2 N–H and O–H groups in total. The zero-order valence-electron chi connectivity index (χ0n) is 6.25. The molecule has 1 aromatic rings. The van der Waals surface area contributed by atoms with E-state index in [-0.39, 0.29) is 0 Å². The summed E-state index contributed by atoms with van der Waals surface area (Å²) < 4.78 is 6.24. The van der Waals surface area contributed by atoms with Crippen LogP contribution in [0.15, 0.2) is 27.8 Å². The van der Waals surface area contributed by atoms with Gasteiger partial charge in [-0.2, -0.15) is 0 Å². The first-order valence-electron chi connectivity index (χ1n) is 3.51. The summed E-state index contributed by atoms with van der Waals surface area (Å²) in [4.78, 5) is 0. The summed E-state index contributed by atoms with van der Waals surface area (Å²) in [6.07, 6.45) is 0. The normalized spacial score (nSPS) is 17.6. The van der Waals surface area contributed by atoms with Crippen LogP contribution in [0.4, 0.5) is 0 Å². The van der Waals surface area contributed by atoms with Gasteiger partial charge in [0.25, 0.3) is 0 Å². The Balaban J connectivity index is 2.57. The molecule has 12 heavy (non-hydrogen) atoms. The van der Waals surface area contributed by atoms with E-state index in [1.54, 1.807) is 0 Å². The molecule has 62 valence electrons. The van der Waals surface area contributed by atoms with Crippen molar-refractivity contribution in [3.05, 3.63) is 33.8 Å². The van der Waals surface area contributed by atoms with Crippen molar-refractivity contribution in [1.82, 2.24) is 0 Å². The first kappa shape index (κ1) is 7.61. The fourth-order valence-corrected chi connectivity index (χ4v) is 1.57. The molecule has 0 radical (unpaired) electrons. The fourth-order valence-electron chi connectivity index (χ4n) is 1.20. The van der Waals surface area contributed by atoms with E-state index in [9.17, 15) is 0 Å². The number of fused-ring (bicyclic) bond motifs is 1. The maximum absolute atomic E-state index is 5.23. The van der Waals surface area contributed by atoms with Gasteiger partial charge in [-0.3, -0.25) is 0 Å². The lowest BCUT2D eigenvalue weighted by Gasteiger charge is -1.95. The predicted molar refractivity (Wildman–Crippen MR) is 49.7 cm³/mol. The summed E-state index contributed by atoms with van der Waals surface area (Å²) in [7, 11) is 0. The van der Waals surface area contributed by atoms with Gasteiger partial charge >= 0.3 is 0 Å². The van der Waals surface area contributed by atoms with E-state index in [1.807, 2.05) is 18.2 Å². The third-order valence-corrected chi connectivity index (χ3v) is 2.28. The quantitative estimate of drug-likeness (QED) is 0.540. The molecular formula is C8H7BrN2O. The molecule has 1 aromatic carbocycles. The molecule has 0 unspecified atom stereocenters. The van der Waals surface area contributed by atoms with Gasteiger partial charge in [-0.05, 0) is 12.1 Å². The largest absolute Gasteiger partial charge is 0.471 e. The minimum atomic E-state index is 0.520. The van der Waals surface area contributed by atoms with Crippen molar-refractivity contribution in [3.8, 4) is 0 Å². The van der Waals surface area contributed by atoms with Gasteiger partial charge in [-0.25, -0.2) is 0 Å². The average molecular weight is 227 g/mol. The fraction of sp³-hybridized carbons (Fsp3) is 0.125. The molecule has 1 heterocycles. The minimum Gasteiger partial charge on any atom is -0.471 e. The van der Waals surface area contributed by atoms with E-state index in [0.29, 0.717) is 12.5 Å². The number of hydrogen-bond acceptors (Lipinski definition) is 3. The van der Waals surface area contributed by atoms with Gasteiger partial charge < -0.3 is 10.6 Å². The SMILES string of the molecule is NN=C1OCc2ccc(Br)cc21. The Morgan fingerprint density at radius 2 is 2.33 bits per heavy atom. The number of halogens is 1. The summed E-state index contributed by atoms with van der Waals surface area (Å²) in [6, 6.07) is 5.92. The molecule has 2 rings (SSSR count). The molecule has 1 aliphatic rings. The highest BCUT2D eigenvalue weighted by Crippen LogP contribution is 2.23. The molecular weight excluding hydrogens is 220 g/mol. The molecule has 0 bridgehead atoms. The van der Waals surface area contributed by atoms with Crippen LogP contribution >= 0.6 is 15.9 Å². The van der Waals surface area contributed by atoms with Crippen LogP contribution in [0.3, 0.4) is 0 Å². The van der Waals surface area contributed by atoms with Crippen LogP contribution in [0.1, 0.15) is 11.1 Å². The first-order chi connectivity index (χ1) is 5.81. The van der Waals surface area contributed by atoms with E-state index in [0.717, 1.165) is 15.6 Å². The Bertz CT molecular complexity index is 349. The highest BCUT2D eigenvalue weighted by molar-refractivity contribution is 9.10. The number of rotatable bonds is 0. The highest BCUT2D eigenvalue weighted by Gasteiger charge is 2.18. The van der Waals surface area contributed by atoms with Gasteiger partial charge in [-0.1, -0.05) is 22.0 Å².